The minimum Gasteiger partial charge on any atom is -0.478 e. The van der Waals surface area contributed by atoms with Crippen LogP contribution in [0.4, 0.5) is 0 Å². The van der Waals surface area contributed by atoms with E-state index < -0.39 is 11.9 Å². The van der Waals surface area contributed by atoms with Crippen molar-refractivity contribution < 1.29 is 19.1 Å². The first-order valence-corrected chi connectivity index (χ1v) is 11.2. The van der Waals surface area contributed by atoms with Crippen LogP contribution in [-0.2, 0) is 4.79 Å². The number of fused-ring (bicyclic) bond motifs is 1. The molecule has 1 aliphatic carbocycles. The van der Waals surface area contributed by atoms with Crippen molar-refractivity contribution >= 4 is 45.8 Å². The van der Waals surface area contributed by atoms with Crippen LogP contribution in [0.2, 0.25) is 0 Å². The molecule has 9 heteroatoms. The topological polar surface area (TPSA) is 119 Å². The van der Waals surface area contributed by atoms with E-state index in [1.165, 1.54) is 54.2 Å². The van der Waals surface area contributed by atoms with Gasteiger partial charge in [0.2, 0.25) is 5.17 Å². The molecule has 2 aliphatic heterocycles. The molecule has 0 atom stereocenters. The molecule has 3 aliphatic rings. The van der Waals surface area contributed by atoms with E-state index in [1.54, 1.807) is 24.3 Å². The Balaban J connectivity index is 1.38. The summed E-state index contributed by atoms with van der Waals surface area (Å²) in [6.07, 6.45) is 7.27. The minimum atomic E-state index is -0.995. The number of nitrogens with zero attached hydrogens (tertiary/aromatic N) is 3. The van der Waals surface area contributed by atoms with Crippen LogP contribution < -0.4 is 0 Å². The minimum absolute atomic E-state index is 0.0120. The Kier molecular flexibility index (Phi) is 5.26. The number of carbonyl (C=O) groups is 2. The number of rotatable bonds is 4. The van der Waals surface area contributed by atoms with Crippen LogP contribution in [-0.4, -0.2) is 38.0 Å². The Morgan fingerprint density at radius 2 is 1.91 bits per heavy atom. The third kappa shape index (κ3) is 3.80. The zero-order valence-electron chi connectivity index (χ0n) is 17.1. The lowest BCUT2D eigenvalue weighted by Gasteiger charge is -2.20. The molecule has 1 fully saturated rings. The fourth-order valence-electron chi connectivity index (χ4n) is 4.03. The zero-order valence-corrected chi connectivity index (χ0v) is 17.9. The Morgan fingerprint density at radius 3 is 2.62 bits per heavy atom. The summed E-state index contributed by atoms with van der Waals surface area (Å²) in [7, 11) is 0. The summed E-state index contributed by atoms with van der Waals surface area (Å²) < 4.78 is 5.82. The molecule has 0 bridgehead atoms. The van der Waals surface area contributed by atoms with E-state index in [1.807, 2.05) is 0 Å². The fourth-order valence-corrected chi connectivity index (χ4v) is 5.09. The molecule has 5 rings (SSSR count). The van der Waals surface area contributed by atoms with Gasteiger partial charge in [-0.15, -0.1) is 0 Å². The van der Waals surface area contributed by atoms with Gasteiger partial charge in [-0.05, 0) is 54.9 Å². The van der Waals surface area contributed by atoms with Crippen molar-refractivity contribution in [3.05, 3.63) is 53.3 Å². The molecular formula is C23H20N4O4S. The van der Waals surface area contributed by atoms with Gasteiger partial charge < -0.3 is 9.52 Å². The Labute approximate surface area is 188 Å². The number of benzene rings is 1. The number of aromatic carboxylic acids is 1. The summed E-state index contributed by atoms with van der Waals surface area (Å²) in [6.45, 7) is 0. The third-order valence-electron chi connectivity index (χ3n) is 5.75. The summed E-state index contributed by atoms with van der Waals surface area (Å²) in [4.78, 5) is 27.8. The first-order chi connectivity index (χ1) is 15.5. The predicted molar refractivity (Wildman–Crippen MR) is 123 cm³/mol. The molecule has 32 heavy (non-hydrogen) atoms. The lowest BCUT2D eigenvalue weighted by Crippen LogP contribution is -2.35. The predicted octanol–water partition coefficient (Wildman–Crippen LogP) is 4.84. The molecule has 0 saturated heterocycles. The maximum atomic E-state index is 12.6. The van der Waals surface area contributed by atoms with Crippen LogP contribution in [0.25, 0.3) is 17.4 Å². The number of nitrogens with one attached hydrogen (secondary N) is 1. The highest BCUT2D eigenvalue weighted by Gasteiger charge is 2.38. The molecular weight excluding hydrogens is 428 g/mol. The average Bonchev–Trinajstić information content (AvgIpc) is 3.45. The average molecular weight is 449 g/mol. The zero-order chi connectivity index (χ0) is 22.2. The van der Waals surface area contributed by atoms with Crippen LogP contribution in [0.15, 0.2) is 56.5 Å². The van der Waals surface area contributed by atoms with Gasteiger partial charge >= 0.3 is 5.97 Å². The molecule has 1 aromatic heterocycles. The van der Waals surface area contributed by atoms with Crippen molar-refractivity contribution in [2.75, 3.05) is 0 Å². The van der Waals surface area contributed by atoms with Gasteiger partial charge in [0.1, 0.15) is 16.6 Å². The van der Waals surface area contributed by atoms with E-state index in [0.717, 1.165) is 17.9 Å². The smallest absolute Gasteiger partial charge is 0.335 e. The molecule has 162 valence electrons. The number of hydrogen-bond acceptors (Lipinski definition) is 6. The summed E-state index contributed by atoms with van der Waals surface area (Å²) >= 11 is 1.39. The molecule has 1 aromatic carbocycles. The maximum Gasteiger partial charge on any atom is 0.335 e. The van der Waals surface area contributed by atoms with Crippen LogP contribution in [0.5, 0.6) is 0 Å². The van der Waals surface area contributed by atoms with Gasteiger partial charge in [-0.25, -0.2) is 4.79 Å². The molecule has 1 saturated carbocycles. The van der Waals surface area contributed by atoms with E-state index in [9.17, 15) is 9.59 Å². The van der Waals surface area contributed by atoms with Crippen molar-refractivity contribution in [3.63, 3.8) is 0 Å². The monoisotopic (exact) mass is 448 g/mol. The van der Waals surface area contributed by atoms with Crippen molar-refractivity contribution in [1.82, 2.24) is 5.01 Å². The highest BCUT2D eigenvalue weighted by atomic mass is 32.2. The number of amides is 1. The quantitative estimate of drug-likeness (QED) is 0.646. The number of hydrogen-bond donors (Lipinski definition) is 2. The molecule has 0 radical (unpaired) electrons. The number of amidine groups is 2. The second-order valence-corrected chi connectivity index (χ2v) is 8.87. The highest BCUT2D eigenvalue weighted by molar-refractivity contribution is 8.27. The number of aliphatic imine (C=N–C) groups is 1. The number of carbonyl (C=O) groups excluding carboxylic acids is 1. The number of carboxylic acid groups (broad SMARTS) is 1. The van der Waals surface area contributed by atoms with Crippen molar-refractivity contribution in [1.29, 1.82) is 5.41 Å². The summed E-state index contributed by atoms with van der Waals surface area (Å²) in [6, 6.07) is 9.75. The second-order valence-electron chi connectivity index (χ2n) is 7.88. The fraction of sp³-hybridized carbons (Fsp3) is 0.261. The summed E-state index contributed by atoms with van der Waals surface area (Å²) in [5, 5.41) is 25.0. The lowest BCUT2D eigenvalue weighted by molar-refractivity contribution is -0.114. The van der Waals surface area contributed by atoms with Crippen LogP contribution >= 0.6 is 11.8 Å². The Bertz CT molecular complexity index is 1200. The third-order valence-corrected chi connectivity index (χ3v) is 6.83. The van der Waals surface area contributed by atoms with E-state index in [4.69, 9.17) is 14.9 Å². The summed E-state index contributed by atoms with van der Waals surface area (Å²) in [5.41, 5.74) is 1.02. The van der Waals surface area contributed by atoms with E-state index >= 15 is 0 Å². The van der Waals surface area contributed by atoms with E-state index in [-0.39, 0.29) is 17.0 Å². The van der Waals surface area contributed by atoms with Crippen LogP contribution in [0, 0.1) is 11.3 Å². The maximum absolute atomic E-state index is 12.6. The molecule has 1 amide bonds. The van der Waals surface area contributed by atoms with Crippen LogP contribution in [0.3, 0.4) is 0 Å². The molecule has 8 nitrogen and oxygen atoms in total. The molecule has 0 unspecified atom stereocenters. The number of hydrazone groups is 1. The Morgan fingerprint density at radius 1 is 1.16 bits per heavy atom. The Hall–Kier alpha value is -3.46. The standard InChI is InChI=1S/C23H20N4O4S/c24-19-17(12-16-10-11-18(31-16)13-6-8-15(9-7-13)22(29)30)20(28)25-23-27(19)26-21(32-23)14-4-2-1-3-5-14/h6-12,14,24H,1-5H2,(H,29,30)/b17-12+,24-19?. The molecule has 2 N–H and O–H groups in total. The van der Waals surface area contributed by atoms with Gasteiger partial charge in [-0.2, -0.15) is 15.1 Å². The first kappa shape index (κ1) is 20.4. The SMILES string of the molecule is N=C1/C(=C\c2ccc(-c3ccc(C(=O)O)cc3)o2)C(=O)N=C2SC(C3CCCCC3)=NN12. The lowest BCUT2D eigenvalue weighted by atomic mass is 9.90. The van der Waals surface area contributed by atoms with E-state index in [2.05, 4.69) is 10.1 Å². The molecule has 3 heterocycles. The van der Waals surface area contributed by atoms with E-state index in [0.29, 0.717) is 28.2 Å². The largest absolute Gasteiger partial charge is 0.478 e. The molecule has 0 spiro atoms. The first-order valence-electron chi connectivity index (χ1n) is 10.4. The van der Waals surface area contributed by atoms with Gasteiger partial charge in [0.15, 0.2) is 5.84 Å². The highest BCUT2D eigenvalue weighted by Crippen LogP contribution is 2.36. The van der Waals surface area contributed by atoms with Gasteiger partial charge in [0.05, 0.1) is 11.1 Å². The van der Waals surface area contributed by atoms with Gasteiger partial charge in [-0.1, -0.05) is 31.4 Å². The second kappa shape index (κ2) is 8.23. The normalized spacial score (nSPS) is 20.4. The van der Waals surface area contributed by atoms with Crippen molar-refractivity contribution in [3.8, 4) is 11.3 Å². The van der Waals surface area contributed by atoms with Gasteiger partial charge in [-0.3, -0.25) is 10.2 Å². The number of thioether (sulfide) groups is 1. The number of furan rings is 1. The molecule has 2 aromatic rings. The van der Waals surface area contributed by atoms with Crippen LogP contribution in [0.1, 0.15) is 48.2 Å². The number of carboxylic acids is 1. The van der Waals surface area contributed by atoms with Crippen molar-refractivity contribution in [2.45, 2.75) is 32.1 Å². The van der Waals surface area contributed by atoms with Gasteiger partial charge in [0, 0.05) is 11.5 Å². The summed E-state index contributed by atoms with van der Waals surface area (Å²) in [5.74, 6) is -0.193. The van der Waals surface area contributed by atoms with Crippen molar-refractivity contribution in [2.24, 2.45) is 16.0 Å². The van der Waals surface area contributed by atoms with Gasteiger partial charge in [0.25, 0.3) is 5.91 Å².